The molecule has 17 heavy (non-hydrogen) atoms. The molecule has 2 aromatic rings. The Bertz CT molecular complexity index is 537. The fraction of sp³-hybridized carbons (Fsp3) is 0. The maximum absolute atomic E-state index is 11.8. The van der Waals surface area contributed by atoms with Gasteiger partial charge in [-0.15, -0.1) is 0 Å². The predicted molar refractivity (Wildman–Crippen MR) is 71.9 cm³/mol. The average molecular weight is 264 g/mol. The van der Waals surface area contributed by atoms with Crippen LogP contribution in [0.25, 0.3) is 0 Å². The Kier molecular flexibility index (Phi) is 4.07. The molecule has 0 fully saturated rings. The van der Waals surface area contributed by atoms with Crippen molar-refractivity contribution < 1.29 is 4.21 Å². The predicted octanol–water partition coefficient (Wildman–Crippen LogP) is 3.48. The minimum absolute atomic E-state index is 0.623. The number of halogens is 1. The van der Waals surface area contributed by atoms with Crippen molar-refractivity contribution in [1.29, 1.82) is 0 Å². The summed E-state index contributed by atoms with van der Waals surface area (Å²) < 4.78 is 15.8. The average Bonchev–Trinajstić information content (AvgIpc) is 2.38. The van der Waals surface area contributed by atoms with Crippen LogP contribution in [-0.2, 0) is 11.0 Å². The highest BCUT2D eigenvalue weighted by atomic mass is 35.5. The van der Waals surface area contributed by atoms with Gasteiger partial charge >= 0.3 is 0 Å². The van der Waals surface area contributed by atoms with Crippen molar-refractivity contribution in [1.82, 2.24) is 0 Å². The van der Waals surface area contributed by atoms with E-state index in [1.54, 1.807) is 30.5 Å². The third-order valence-electron chi connectivity index (χ3n) is 2.11. The van der Waals surface area contributed by atoms with Crippen LogP contribution < -0.4 is 0 Å². The molecule has 0 heterocycles. The van der Waals surface area contributed by atoms with Gasteiger partial charge in [-0.1, -0.05) is 41.9 Å². The van der Waals surface area contributed by atoms with Gasteiger partial charge < -0.3 is 0 Å². The molecule has 0 aliphatic rings. The molecule has 1 unspecified atom stereocenters. The monoisotopic (exact) mass is 263 g/mol. The Morgan fingerprint density at radius 2 is 1.65 bits per heavy atom. The van der Waals surface area contributed by atoms with Gasteiger partial charge in [0.25, 0.3) is 0 Å². The molecule has 0 saturated carbocycles. The second-order valence-corrected chi connectivity index (χ2v) is 4.97. The van der Waals surface area contributed by atoms with Gasteiger partial charge in [0.1, 0.15) is 0 Å². The van der Waals surface area contributed by atoms with E-state index < -0.39 is 11.0 Å². The van der Waals surface area contributed by atoms with Crippen LogP contribution in [0.15, 0.2) is 63.9 Å². The van der Waals surface area contributed by atoms with Gasteiger partial charge in [0.15, 0.2) is 11.0 Å². The smallest absolute Gasteiger partial charge is 0.172 e. The summed E-state index contributed by atoms with van der Waals surface area (Å²) in [5, 5.41) is 0.623. The number of nitrogens with zero attached hydrogens (tertiary/aromatic N) is 1. The van der Waals surface area contributed by atoms with Crippen molar-refractivity contribution in [2.24, 2.45) is 4.40 Å². The molecule has 0 spiro atoms. The van der Waals surface area contributed by atoms with Crippen LogP contribution in [0.1, 0.15) is 5.56 Å². The molecular formula is C13H10ClNOS. The molecule has 0 N–H and O–H groups in total. The third-order valence-corrected chi connectivity index (χ3v) is 3.34. The molecule has 2 rings (SSSR count). The van der Waals surface area contributed by atoms with Gasteiger partial charge in [0, 0.05) is 11.2 Å². The van der Waals surface area contributed by atoms with E-state index in [0.717, 1.165) is 5.56 Å². The van der Waals surface area contributed by atoms with Gasteiger partial charge in [-0.05, 0) is 29.8 Å². The van der Waals surface area contributed by atoms with E-state index in [4.69, 9.17) is 11.6 Å². The van der Waals surface area contributed by atoms with Gasteiger partial charge in [-0.25, -0.2) is 4.21 Å². The number of rotatable bonds is 3. The molecule has 0 radical (unpaired) electrons. The lowest BCUT2D eigenvalue weighted by Gasteiger charge is -1.96. The zero-order valence-electron chi connectivity index (χ0n) is 8.92. The van der Waals surface area contributed by atoms with Crippen LogP contribution in [0, 0.1) is 0 Å². The first-order chi connectivity index (χ1) is 8.25. The summed E-state index contributed by atoms with van der Waals surface area (Å²) in [7, 11) is -1.38. The van der Waals surface area contributed by atoms with Gasteiger partial charge in [0.2, 0.25) is 0 Å². The summed E-state index contributed by atoms with van der Waals surface area (Å²) in [6.07, 6.45) is 1.60. The van der Waals surface area contributed by atoms with Crippen molar-refractivity contribution >= 4 is 28.8 Å². The molecule has 0 aromatic heterocycles. The van der Waals surface area contributed by atoms with Gasteiger partial charge in [-0.2, -0.15) is 4.40 Å². The third kappa shape index (κ3) is 3.51. The molecule has 0 aliphatic heterocycles. The first-order valence-electron chi connectivity index (χ1n) is 5.02. The van der Waals surface area contributed by atoms with E-state index in [1.165, 1.54) is 0 Å². The summed E-state index contributed by atoms with van der Waals surface area (Å²) >= 11 is 5.75. The second kappa shape index (κ2) is 5.75. The molecule has 1 atom stereocenters. The Morgan fingerprint density at radius 1 is 1.00 bits per heavy atom. The van der Waals surface area contributed by atoms with E-state index >= 15 is 0 Å². The van der Waals surface area contributed by atoms with E-state index in [2.05, 4.69) is 4.40 Å². The van der Waals surface area contributed by atoms with Crippen LogP contribution >= 0.6 is 11.6 Å². The number of benzene rings is 2. The zero-order valence-corrected chi connectivity index (χ0v) is 10.5. The van der Waals surface area contributed by atoms with E-state index in [9.17, 15) is 4.21 Å². The Labute approximate surface area is 108 Å². The van der Waals surface area contributed by atoms with E-state index in [-0.39, 0.29) is 0 Å². The lowest BCUT2D eigenvalue weighted by molar-refractivity contribution is 0.684. The van der Waals surface area contributed by atoms with E-state index in [0.29, 0.717) is 9.92 Å². The summed E-state index contributed by atoms with van der Waals surface area (Å²) in [5.41, 5.74) is 0.926. The number of hydrogen-bond donors (Lipinski definition) is 0. The largest absolute Gasteiger partial charge is 0.229 e. The lowest BCUT2D eigenvalue weighted by atomic mass is 10.2. The molecule has 4 heteroatoms. The van der Waals surface area contributed by atoms with Crippen LogP contribution in [0.4, 0.5) is 0 Å². The Morgan fingerprint density at radius 3 is 2.29 bits per heavy atom. The summed E-state index contributed by atoms with van der Waals surface area (Å²) in [4.78, 5) is 0.640. The first kappa shape index (κ1) is 12.0. The highest BCUT2D eigenvalue weighted by Gasteiger charge is 2.00. The normalized spacial score (nSPS) is 12.8. The van der Waals surface area contributed by atoms with Crippen molar-refractivity contribution in [3.8, 4) is 0 Å². The standard InChI is InChI=1S/C13H10ClNOS/c14-12-6-8-13(9-7-12)17(16)15-10-11-4-2-1-3-5-11/h1-10H/b15-10+. The van der Waals surface area contributed by atoms with Gasteiger partial charge in [-0.3, -0.25) is 0 Å². The van der Waals surface area contributed by atoms with Crippen LogP contribution in [0.2, 0.25) is 5.02 Å². The fourth-order valence-electron chi connectivity index (χ4n) is 1.26. The highest BCUT2D eigenvalue weighted by molar-refractivity contribution is 7.83. The zero-order chi connectivity index (χ0) is 12.1. The lowest BCUT2D eigenvalue weighted by Crippen LogP contribution is -1.88. The maximum atomic E-state index is 11.8. The SMILES string of the molecule is O=S(/N=C/c1ccccc1)c1ccc(Cl)cc1. The molecular weight excluding hydrogens is 254 g/mol. The Balaban J connectivity index is 2.12. The minimum atomic E-state index is -1.38. The van der Waals surface area contributed by atoms with E-state index in [1.807, 2.05) is 30.3 Å². The fourth-order valence-corrected chi connectivity index (χ4v) is 2.09. The molecule has 0 bridgehead atoms. The first-order valence-corrected chi connectivity index (χ1v) is 6.51. The molecule has 2 aromatic carbocycles. The maximum Gasteiger partial charge on any atom is 0.172 e. The topological polar surface area (TPSA) is 29.4 Å². The molecule has 2 nitrogen and oxygen atoms in total. The highest BCUT2D eigenvalue weighted by Crippen LogP contribution is 2.13. The summed E-state index contributed by atoms with van der Waals surface area (Å²) in [5.74, 6) is 0. The van der Waals surface area contributed by atoms with Crippen LogP contribution in [0.5, 0.6) is 0 Å². The second-order valence-electron chi connectivity index (χ2n) is 3.35. The van der Waals surface area contributed by atoms with Crippen molar-refractivity contribution in [2.75, 3.05) is 0 Å². The molecule has 0 saturated heterocycles. The van der Waals surface area contributed by atoms with Crippen LogP contribution in [0.3, 0.4) is 0 Å². The van der Waals surface area contributed by atoms with Crippen LogP contribution in [-0.4, -0.2) is 10.4 Å². The molecule has 0 amide bonds. The van der Waals surface area contributed by atoms with Crippen molar-refractivity contribution in [3.05, 3.63) is 65.2 Å². The minimum Gasteiger partial charge on any atom is -0.229 e. The van der Waals surface area contributed by atoms with Crippen molar-refractivity contribution in [2.45, 2.75) is 4.90 Å². The number of hydrogen-bond acceptors (Lipinski definition) is 1. The van der Waals surface area contributed by atoms with Gasteiger partial charge in [0.05, 0.1) is 4.90 Å². The Hall–Kier alpha value is -1.45. The summed E-state index contributed by atoms with van der Waals surface area (Å²) in [6, 6.07) is 16.4. The summed E-state index contributed by atoms with van der Waals surface area (Å²) in [6.45, 7) is 0. The molecule has 0 aliphatic carbocycles. The van der Waals surface area contributed by atoms with Crippen molar-refractivity contribution in [3.63, 3.8) is 0 Å². The quantitative estimate of drug-likeness (QED) is 0.780. The molecule has 86 valence electrons.